The van der Waals surface area contributed by atoms with E-state index in [1.54, 1.807) is 6.07 Å². The van der Waals surface area contributed by atoms with Gasteiger partial charge in [0, 0.05) is 13.5 Å². The van der Waals surface area contributed by atoms with E-state index in [1.165, 1.54) is 19.2 Å². The first-order chi connectivity index (χ1) is 9.52. The van der Waals surface area contributed by atoms with Crippen LogP contribution in [0.5, 0.6) is 0 Å². The van der Waals surface area contributed by atoms with Crippen molar-refractivity contribution in [2.45, 2.75) is 18.7 Å². The van der Waals surface area contributed by atoms with Crippen LogP contribution in [0.1, 0.15) is 22.8 Å². The Morgan fingerprint density at radius 3 is 2.15 bits per heavy atom. The topological polar surface area (TPSA) is 9.23 Å². The first-order valence-corrected chi connectivity index (χ1v) is 6.25. The highest BCUT2D eigenvalue weighted by atomic mass is 19.4. The van der Waals surface area contributed by atoms with Crippen LogP contribution in [-0.4, -0.2) is 7.11 Å². The number of methoxy groups -OCH3 is 1. The van der Waals surface area contributed by atoms with Gasteiger partial charge in [-0.25, -0.2) is 0 Å². The molecule has 0 aliphatic rings. The van der Waals surface area contributed by atoms with Gasteiger partial charge in [0.15, 0.2) is 0 Å². The van der Waals surface area contributed by atoms with Crippen LogP contribution < -0.4 is 0 Å². The molecule has 1 nitrogen and oxygen atoms in total. The third-order valence-electron chi connectivity index (χ3n) is 3.16. The van der Waals surface area contributed by atoms with Crippen molar-refractivity contribution in [3.05, 3.63) is 71.3 Å². The molecule has 1 atom stereocenters. The normalized spacial score (nSPS) is 13.2. The van der Waals surface area contributed by atoms with Crippen LogP contribution in [0.3, 0.4) is 0 Å². The largest absolute Gasteiger partial charge is 0.416 e. The summed E-state index contributed by atoms with van der Waals surface area (Å²) < 4.78 is 44.4. The second kappa shape index (κ2) is 6.09. The van der Waals surface area contributed by atoms with Gasteiger partial charge in [0.05, 0.1) is 11.7 Å². The lowest BCUT2D eigenvalue weighted by Gasteiger charge is -2.20. The van der Waals surface area contributed by atoms with E-state index in [4.69, 9.17) is 4.74 Å². The minimum absolute atomic E-state index is 0.173. The average Bonchev–Trinajstić information content (AvgIpc) is 2.45. The van der Waals surface area contributed by atoms with Crippen LogP contribution in [0.15, 0.2) is 54.6 Å². The number of hydrogen-bond donors (Lipinski definition) is 0. The van der Waals surface area contributed by atoms with Crippen molar-refractivity contribution >= 4 is 0 Å². The van der Waals surface area contributed by atoms with E-state index in [1.807, 2.05) is 30.3 Å². The van der Waals surface area contributed by atoms with Gasteiger partial charge in [0.2, 0.25) is 0 Å². The standard InChI is InChI=1S/C16H15F3O/c1-20-15(11-12-7-3-2-4-8-12)13-9-5-6-10-14(13)16(17,18)19/h2-10,15H,11H2,1H3. The highest BCUT2D eigenvalue weighted by Crippen LogP contribution is 2.36. The van der Waals surface area contributed by atoms with Crippen LogP contribution in [0.2, 0.25) is 0 Å². The lowest BCUT2D eigenvalue weighted by Crippen LogP contribution is -2.14. The summed E-state index contributed by atoms with van der Waals surface area (Å²) in [5, 5.41) is 0. The van der Waals surface area contributed by atoms with Crippen molar-refractivity contribution in [3.8, 4) is 0 Å². The molecular formula is C16H15F3O. The van der Waals surface area contributed by atoms with Gasteiger partial charge in [-0.15, -0.1) is 0 Å². The SMILES string of the molecule is COC(Cc1ccccc1)c1ccccc1C(F)(F)F. The fraction of sp³-hybridized carbons (Fsp3) is 0.250. The zero-order valence-corrected chi connectivity index (χ0v) is 11.0. The molecule has 0 bridgehead atoms. The fourth-order valence-electron chi connectivity index (χ4n) is 2.18. The van der Waals surface area contributed by atoms with Crippen molar-refractivity contribution in [2.75, 3.05) is 7.11 Å². The monoisotopic (exact) mass is 280 g/mol. The molecule has 2 aromatic carbocycles. The Kier molecular flexibility index (Phi) is 4.45. The minimum Gasteiger partial charge on any atom is -0.376 e. The van der Waals surface area contributed by atoms with Gasteiger partial charge < -0.3 is 4.74 Å². The Morgan fingerprint density at radius 1 is 0.950 bits per heavy atom. The number of alkyl halides is 3. The predicted molar refractivity (Wildman–Crippen MR) is 71.3 cm³/mol. The van der Waals surface area contributed by atoms with Crippen LogP contribution in [0.4, 0.5) is 13.2 Å². The summed E-state index contributed by atoms with van der Waals surface area (Å²) in [6, 6.07) is 14.9. The maximum Gasteiger partial charge on any atom is 0.416 e. The second-order valence-electron chi connectivity index (χ2n) is 4.50. The molecule has 0 aromatic heterocycles. The molecule has 4 heteroatoms. The second-order valence-corrected chi connectivity index (χ2v) is 4.50. The molecular weight excluding hydrogens is 265 g/mol. The first-order valence-electron chi connectivity index (χ1n) is 6.25. The van der Waals surface area contributed by atoms with E-state index >= 15 is 0 Å². The Morgan fingerprint density at radius 2 is 1.55 bits per heavy atom. The molecule has 2 rings (SSSR count). The van der Waals surface area contributed by atoms with Crippen molar-refractivity contribution in [1.82, 2.24) is 0 Å². The summed E-state index contributed by atoms with van der Waals surface area (Å²) in [7, 11) is 1.43. The Balaban J connectivity index is 2.33. The smallest absolute Gasteiger partial charge is 0.376 e. The Bertz CT molecular complexity index is 549. The number of rotatable bonds is 4. The van der Waals surface area contributed by atoms with E-state index in [2.05, 4.69) is 0 Å². The summed E-state index contributed by atoms with van der Waals surface area (Å²) >= 11 is 0. The van der Waals surface area contributed by atoms with Crippen LogP contribution >= 0.6 is 0 Å². The van der Waals surface area contributed by atoms with E-state index in [-0.39, 0.29) is 5.56 Å². The summed E-state index contributed by atoms with van der Waals surface area (Å²) in [6.45, 7) is 0. The molecule has 0 aliphatic heterocycles. The summed E-state index contributed by atoms with van der Waals surface area (Å²) in [6.07, 6.45) is -4.58. The van der Waals surface area contributed by atoms with Crippen molar-refractivity contribution in [3.63, 3.8) is 0 Å². The molecule has 0 spiro atoms. The zero-order valence-electron chi connectivity index (χ0n) is 11.0. The van der Waals surface area contributed by atoms with Crippen LogP contribution in [0, 0.1) is 0 Å². The first kappa shape index (κ1) is 14.6. The van der Waals surface area contributed by atoms with Crippen LogP contribution in [0.25, 0.3) is 0 Å². The summed E-state index contributed by atoms with van der Waals surface area (Å²) in [5.74, 6) is 0. The van der Waals surface area contributed by atoms with Gasteiger partial charge >= 0.3 is 6.18 Å². The lowest BCUT2D eigenvalue weighted by molar-refractivity contribution is -0.139. The Labute approximate surface area is 116 Å². The van der Waals surface area contributed by atoms with Gasteiger partial charge in [-0.2, -0.15) is 13.2 Å². The van der Waals surface area contributed by atoms with Gasteiger partial charge in [-0.05, 0) is 17.2 Å². The van der Waals surface area contributed by atoms with Gasteiger partial charge in [-0.3, -0.25) is 0 Å². The molecule has 20 heavy (non-hydrogen) atoms. The number of benzene rings is 2. The van der Waals surface area contributed by atoms with Crippen molar-refractivity contribution < 1.29 is 17.9 Å². The van der Waals surface area contributed by atoms with Crippen LogP contribution in [-0.2, 0) is 17.3 Å². The maximum atomic E-state index is 13.0. The molecule has 1 unspecified atom stereocenters. The molecule has 2 aromatic rings. The predicted octanol–water partition coefficient (Wildman–Crippen LogP) is 4.64. The number of hydrogen-bond acceptors (Lipinski definition) is 1. The lowest BCUT2D eigenvalue weighted by atomic mass is 9.96. The number of halogens is 3. The van der Waals surface area contributed by atoms with Gasteiger partial charge in [-0.1, -0.05) is 48.5 Å². The molecule has 0 heterocycles. The Hall–Kier alpha value is -1.81. The fourth-order valence-corrected chi connectivity index (χ4v) is 2.18. The molecule has 106 valence electrons. The van der Waals surface area contributed by atoms with Crippen molar-refractivity contribution in [1.29, 1.82) is 0 Å². The molecule has 0 N–H and O–H groups in total. The third kappa shape index (κ3) is 3.39. The van der Waals surface area contributed by atoms with E-state index in [0.29, 0.717) is 6.42 Å². The van der Waals surface area contributed by atoms with E-state index < -0.39 is 17.8 Å². The van der Waals surface area contributed by atoms with Gasteiger partial charge in [0.1, 0.15) is 0 Å². The highest BCUT2D eigenvalue weighted by Gasteiger charge is 2.34. The molecule has 0 radical (unpaired) electrons. The zero-order chi connectivity index (χ0) is 14.6. The minimum atomic E-state index is -4.37. The molecule has 0 fully saturated rings. The highest BCUT2D eigenvalue weighted by molar-refractivity contribution is 5.33. The average molecular weight is 280 g/mol. The van der Waals surface area contributed by atoms with E-state index in [9.17, 15) is 13.2 Å². The number of ether oxygens (including phenoxy) is 1. The van der Waals surface area contributed by atoms with E-state index in [0.717, 1.165) is 11.6 Å². The molecule has 0 saturated carbocycles. The molecule has 0 aliphatic carbocycles. The maximum absolute atomic E-state index is 13.0. The third-order valence-corrected chi connectivity index (χ3v) is 3.16. The molecule has 0 amide bonds. The summed E-state index contributed by atoms with van der Waals surface area (Å²) in [5.41, 5.74) is 0.477. The summed E-state index contributed by atoms with van der Waals surface area (Å²) in [4.78, 5) is 0. The van der Waals surface area contributed by atoms with Gasteiger partial charge in [0.25, 0.3) is 0 Å². The quantitative estimate of drug-likeness (QED) is 0.793. The van der Waals surface area contributed by atoms with Crippen molar-refractivity contribution in [2.24, 2.45) is 0 Å². The molecule has 0 saturated heterocycles.